The summed E-state index contributed by atoms with van der Waals surface area (Å²) in [5.41, 5.74) is 11.8. The summed E-state index contributed by atoms with van der Waals surface area (Å²) >= 11 is 1.84. The van der Waals surface area contributed by atoms with Crippen LogP contribution in [0.4, 0.5) is 0 Å². The van der Waals surface area contributed by atoms with Crippen LogP contribution < -0.4 is 0 Å². The number of furan rings is 1. The number of rotatable bonds is 3. The van der Waals surface area contributed by atoms with Crippen molar-refractivity contribution >= 4 is 33.7 Å². The molecule has 5 heteroatoms. The van der Waals surface area contributed by atoms with E-state index in [1.807, 2.05) is 72.4 Å². The van der Waals surface area contributed by atoms with E-state index < -0.39 is 5.41 Å². The van der Waals surface area contributed by atoms with Gasteiger partial charge in [0.05, 0.1) is 5.41 Å². The van der Waals surface area contributed by atoms with Crippen molar-refractivity contribution in [1.29, 1.82) is 0 Å². The summed E-state index contributed by atoms with van der Waals surface area (Å²) in [6, 6.07) is 57.8. The van der Waals surface area contributed by atoms with Gasteiger partial charge in [-0.1, -0.05) is 139 Å². The van der Waals surface area contributed by atoms with Crippen molar-refractivity contribution in [2.24, 2.45) is 0 Å². The van der Waals surface area contributed by atoms with Crippen LogP contribution in [-0.2, 0) is 5.41 Å². The molecular weight excluding hydrogens is 643 g/mol. The first kappa shape index (κ1) is 28.5. The average Bonchev–Trinajstić information content (AvgIpc) is 3.71. The molecule has 0 saturated heterocycles. The number of hydrogen-bond acceptors (Lipinski definition) is 5. The van der Waals surface area contributed by atoms with E-state index in [0.717, 1.165) is 38.6 Å². The quantitative estimate of drug-likeness (QED) is 0.187. The molecule has 0 radical (unpaired) electrons. The van der Waals surface area contributed by atoms with Gasteiger partial charge in [0.15, 0.2) is 17.5 Å². The van der Waals surface area contributed by atoms with Gasteiger partial charge in [0.25, 0.3) is 0 Å². The lowest BCUT2D eigenvalue weighted by Gasteiger charge is -2.39. The van der Waals surface area contributed by atoms with Gasteiger partial charge in [-0.05, 0) is 69.8 Å². The molecule has 0 bridgehead atoms. The normalized spacial score (nSPS) is 13.6. The van der Waals surface area contributed by atoms with Crippen LogP contribution in [0.15, 0.2) is 178 Å². The summed E-state index contributed by atoms with van der Waals surface area (Å²) in [6.07, 6.45) is 0. The number of aromatic nitrogens is 3. The van der Waals surface area contributed by atoms with Gasteiger partial charge in [-0.25, -0.2) is 15.0 Å². The second-order valence-electron chi connectivity index (χ2n) is 13.1. The molecule has 0 unspecified atom stereocenters. The van der Waals surface area contributed by atoms with E-state index in [4.69, 9.17) is 19.4 Å². The largest absolute Gasteiger partial charge is 0.456 e. The highest BCUT2D eigenvalue weighted by Gasteiger charge is 2.50. The standard InChI is InChI=1S/C46H27N3OS/c1-3-13-28(14-4-1)43-47-44(29-15-5-2-6-16-29)49-45(48-43)30-23-24-39-33(25-30)34-26-42-38(27-40(34)50-39)46(37-21-11-12-22-41(37)51-42)35-19-9-7-17-31(35)32-18-8-10-20-36(32)46/h1-27H. The Bertz CT molecular complexity index is 2740. The second kappa shape index (κ2) is 10.8. The zero-order valence-corrected chi connectivity index (χ0v) is 28.1. The van der Waals surface area contributed by atoms with Crippen LogP contribution in [0.2, 0.25) is 0 Å². The van der Waals surface area contributed by atoms with Crippen molar-refractivity contribution in [2.45, 2.75) is 15.2 Å². The van der Waals surface area contributed by atoms with Gasteiger partial charge in [0.2, 0.25) is 0 Å². The van der Waals surface area contributed by atoms with Gasteiger partial charge in [-0.3, -0.25) is 0 Å². The molecule has 11 rings (SSSR count). The van der Waals surface area contributed by atoms with E-state index >= 15 is 0 Å². The van der Waals surface area contributed by atoms with Gasteiger partial charge >= 0.3 is 0 Å². The zero-order chi connectivity index (χ0) is 33.5. The minimum Gasteiger partial charge on any atom is -0.456 e. The molecule has 3 heterocycles. The molecule has 238 valence electrons. The van der Waals surface area contributed by atoms with Gasteiger partial charge in [-0.2, -0.15) is 0 Å². The maximum absolute atomic E-state index is 6.70. The fourth-order valence-corrected chi connectivity index (χ4v) is 9.41. The summed E-state index contributed by atoms with van der Waals surface area (Å²) in [6.45, 7) is 0. The molecular formula is C46H27N3OS. The van der Waals surface area contributed by atoms with Crippen LogP contribution in [0, 0.1) is 0 Å². The molecule has 1 aliphatic heterocycles. The highest BCUT2D eigenvalue weighted by molar-refractivity contribution is 7.99. The molecule has 0 saturated carbocycles. The Labute approximate surface area is 298 Å². The molecule has 2 aliphatic rings. The Kier molecular flexibility index (Phi) is 6.07. The maximum atomic E-state index is 6.70. The van der Waals surface area contributed by atoms with Gasteiger partial charge < -0.3 is 4.42 Å². The van der Waals surface area contributed by atoms with E-state index in [2.05, 4.69) is 103 Å². The Hall–Kier alpha value is -6.30. The summed E-state index contributed by atoms with van der Waals surface area (Å²) in [5.74, 6) is 1.91. The van der Waals surface area contributed by atoms with Crippen LogP contribution in [-0.4, -0.2) is 15.0 Å². The molecule has 9 aromatic rings. The highest BCUT2D eigenvalue weighted by atomic mass is 32.2. The number of benzene rings is 7. The predicted octanol–water partition coefficient (Wildman–Crippen LogP) is 11.6. The fourth-order valence-electron chi connectivity index (χ4n) is 8.20. The third-order valence-electron chi connectivity index (χ3n) is 10.4. The second-order valence-corrected chi connectivity index (χ2v) is 14.2. The van der Waals surface area contributed by atoms with Gasteiger partial charge in [-0.15, -0.1) is 0 Å². The van der Waals surface area contributed by atoms with E-state index in [-0.39, 0.29) is 0 Å². The fraction of sp³-hybridized carbons (Fsp3) is 0.0217. The van der Waals surface area contributed by atoms with E-state index in [9.17, 15) is 0 Å². The first-order chi connectivity index (χ1) is 25.3. The molecule has 0 amide bonds. The molecule has 7 aromatic carbocycles. The van der Waals surface area contributed by atoms with Crippen molar-refractivity contribution in [3.05, 3.63) is 186 Å². The van der Waals surface area contributed by atoms with Crippen molar-refractivity contribution in [2.75, 3.05) is 0 Å². The maximum Gasteiger partial charge on any atom is 0.164 e. The van der Waals surface area contributed by atoms with Crippen LogP contribution >= 0.6 is 11.8 Å². The van der Waals surface area contributed by atoms with E-state index in [0.29, 0.717) is 17.5 Å². The van der Waals surface area contributed by atoms with Crippen LogP contribution in [0.5, 0.6) is 0 Å². The number of fused-ring (bicyclic) bond motifs is 12. The third kappa shape index (κ3) is 4.13. The van der Waals surface area contributed by atoms with Gasteiger partial charge in [0.1, 0.15) is 11.2 Å². The lowest BCUT2D eigenvalue weighted by molar-refractivity contribution is 0.662. The molecule has 0 N–H and O–H groups in total. The van der Waals surface area contributed by atoms with Crippen LogP contribution in [0.25, 0.3) is 67.2 Å². The molecule has 2 aromatic heterocycles. The van der Waals surface area contributed by atoms with Crippen LogP contribution in [0.3, 0.4) is 0 Å². The zero-order valence-electron chi connectivity index (χ0n) is 27.2. The summed E-state index contributed by atoms with van der Waals surface area (Å²) < 4.78 is 6.70. The third-order valence-corrected chi connectivity index (χ3v) is 11.5. The summed E-state index contributed by atoms with van der Waals surface area (Å²) in [5, 5.41) is 2.11. The van der Waals surface area contributed by atoms with Crippen molar-refractivity contribution < 1.29 is 4.42 Å². The molecule has 1 spiro atoms. The predicted molar refractivity (Wildman–Crippen MR) is 205 cm³/mol. The topological polar surface area (TPSA) is 51.8 Å². The highest BCUT2D eigenvalue weighted by Crippen LogP contribution is 2.62. The lowest BCUT2D eigenvalue weighted by Crippen LogP contribution is -2.31. The first-order valence-corrected chi connectivity index (χ1v) is 17.9. The molecule has 4 nitrogen and oxygen atoms in total. The minimum absolute atomic E-state index is 0.449. The SMILES string of the molecule is c1ccc(-c2nc(-c3ccccc3)nc(-c3ccc4oc5cc6c(cc5c4c3)Sc3ccccc3C63c4ccccc4-c4ccccc43)n2)cc1. The van der Waals surface area contributed by atoms with Crippen molar-refractivity contribution in [3.63, 3.8) is 0 Å². The summed E-state index contributed by atoms with van der Waals surface area (Å²) in [7, 11) is 0. The number of nitrogens with zero attached hydrogens (tertiary/aromatic N) is 3. The molecule has 0 atom stereocenters. The van der Waals surface area contributed by atoms with Crippen molar-refractivity contribution in [3.8, 4) is 45.3 Å². The molecule has 0 fully saturated rings. The van der Waals surface area contributed by atoms with E-state index in [1.165, 1.54) is 43.2 Å². The van der Waals surface area contributed by atoms with Gasteiger partial charge in [0, 0.05) is 37.3 Å². The van der Waals surface area contributed by atoms with Crippen LogP contribution in [0.1, 0.15) is 22.3 Å². The Balaban J connectivity index is 1.13. The smallest absolute Gasteiger partial charge is 0.164 e. The lowest BCUT2D eigenvalue weighted by atomic mass is 9.67. The Morgan fingerprint density at radius 3 is 1.57 bits per heavy atom. The molecule has 1 aliphatic carbocycles. The summed E-state index contributed by atoms with van der Waals surface area (Å²) in [4.78, 5) is 17.4. The first-order valence-electron chi connectivity index (χ1n) is 17.1. The Morgan fingerprint density at radius 1 is 0.392 bits per heavy atom. The Morgan fingerprint density at radius 2 is 0.922 bits per heavy atom. The monoisotopic (exact) mass is 669 g/mol. The average molecular weight is 670 g/mol. The number of hydrogen-bond donors (Lipinski definition) is 0. The van der Waals surface area contributed by atoms with Crippen molar-refractivity contribution in [1.82, 2.24) is 15.0 Å². The van der Waals surface area contributed by atoms with E-state index in [1.54, 1.807) is 0 Å². The molecule has 51 heavy (non-hydrogen) atoms. The minimum atomic E-state index is -0.449.